The van der Waals surface area contributed by atoms with Gasteiger partial charge < -0.3 is 0 Å². The quantitative estimate of drug-likeness (QED) is 0.551. The molecule has 0 saturated heterocycles. The molecule has 8 heteroatoms. The zero-order chi connectivity index (χ0) is 17.7. The molecule has 2 heterocycles. The van der Waals surface area contributed by atoms with Crippen LogP contribution < -0.4 is 11.0 Å². The van der Waals surface area contributed by atoms with Gasteiger partial charge in [-0.3, -0.25) is 4.79 Å². The minimum atomic E-state index is -1.56. The Kier molecular flexibility index (Phi) is 3.57. The van der Waals surface area contributed by atoms with Crippen LogP contribution in [0.5, 0.6) is 0 Å². The fourth-order valence-corrected chi connectivity index (χ4v) is 4.04. The number of hydrogen-bond donors (Lipinski definition) is 1. The summed E-state index contributed by atoms with van der Waals surface area (Å²) in [5.74, 6) is 0. The number of benzene rings is 2. The van der Waals surface area contributed by atoms with Crippen LogP contribution in [-0.4, -0.2) is 31.9 Å². The lowest BCUT2D eigenvalue weighted by atomic mass is 9.95. The van der Waals surface area contributed by atoms with Crippen molar-refractivity contribution in [1.82, 2.24) is 19.8 Å². The number of rotatable bonds is 2. The summed E-state index contributed by atoms with van der Waals surface area (Å²) in [4.78, 5) is 17.0. The zero-order valence-corrected chi connectivity index (χ0v) is 14.4. The summed E-state index contributed by atoms with van der Waals surface area (Å²) in [6.07, 6.45) is 0. The molecular weight excluding hydrogens is 335 g/mol. The van der Waals surface area contributed by atoms with Crippen molar-refractivity contribution in [2.24, 2.45) is 0 Å². The summed E-state index contributed by atoms with van der Waals surface area (Å²) in [5, 5.41) is 7.57. The number of H-pyrrole nitrogens is 1. The maximum atomic E-state index is 13.0. The smallest absolute Gasteiger partial charge is 0.267 e. The molecule has 1 N–H and O–H groups in total. The fourth-order valence-electron chi connectivity index (χ4n) is 2.86. The first-order valence-electron chi connectivity index (χ1n) is 7.61. The first-order valence-corrected chi connectivity index (χ1v) is 8.76. The topological polar surface area (TPSA) is 80.1 Å². The molecule has 0 aliphatic rings. The molecule has 4 rings (SSSR count). The van der Waals surface area contributed by atoms with E-state index in [0.717, 1.165) is 11.1 Å². The van der Waals surface area contributed by atoms with Crippen molar-refractivity contribution in [2.45, 2.75) is 23.8 Å². The van der Waals surface area contributed by atoms with Crippen molar-refractivity contribution in [3.63, 3.8) is 0 Å². The Hall–Kier alpha value is -2.74. The van der Waals surface area contributed by atoms with Gasteiger partial charge >= 0.3 is 0 Å². The van der Waals surface area contributed by atoms with E-state index in [2.05, 4.69) is 15.3 Å². The van der Waals surface area contributed by atoms with E-state index in [1.54, 1.807) is 18.2 Å². The van der Waals surface area contributed by atoms with E-state index >= 15 is 0 Å². The highest BCUT2D eigenvalue weighted by Crippen LogP contribution is 2.22. The Labute approximate surface area is 146 Å². The van der Waals surface area contributed by atoms with Crippen molar-refractivity contribution in [1.29, 1.82) is 0 Å². The number of nitrogens with zero attached hydrogens (tertiary/aromatic N) is 3. The largest absolute Gasteiger partial charge is 0.281 e. The third kappa shape index (κ3) is 2.49. The highest BCUT2D eigenvalue weighted by Gasteiger charge is 2.20. The average molecular weight is 348 g/mol. The van der Waals surface area contributed by atoms with Crippen molar-refractivity contribution < 1.29 is 4.21 Å². The van der Waals surface area contributed by atoms with Crippen LogP contribution in [0, 0.1) is 13.8 Å². The molecule has 0 aliphatic carbocycles. The van der Waals surface area contributed by atoms with Crippen LogP contribution in [0.2, 0.25) is 0 Å². The van der Waals surface area contributed by atoms with Gasteiger partial charge in [0.25, 0.3) is 5.56 Å². The number of aryl methyl sites for hydroxylation is 2. The lowest BCUT2D eigenvalue weighted by Crippen LogP contribution is -2.13. The number of fused-ring (bicyclic) bond motifs is 3. The van der Waals surface area contributed by atoms with Crippen molar-refractivity contribution in [2.75, 3.05) is 0 Å². The van der Waals surface area contributed by atoms with Gasteiger partial charge in [-0.1, -0.05) is 29.2 Å². The number of hydrogen-bond acceptors (Lipinski definition) is 4. The van der Waals surface area contributed by atoms with Crippen LogP contribution in [0.25, 0.3) is 16.6 Å². The zero-order valence-electron chi connectivity index (χ0n) is 13.6. The fraction of sp³-hybridized carbons (Fsp3) is 0.118. The molecule has 0 aliphatic heterocycles. The second-order valence-electron chi connectivity index (χ2n) is 5.91. The lowest BCUT2D eigenvalue weighted by Gasteiger charge is -2.05. The van der Waals surface area contributed by atoms with E-state index in [4.69, 9.17) is 7.85 Å². The maximum Gasteiger partial charge on any atom is 0.281 e. The van der Waals surface area contributed by atoms with Crippen molar-refractivity contribution >= 4 is 40.7 Å². The van der Waals surface area contributed by atoms with Crippen LogP contribution >= 0.6 is 0 Å². The van der Waals surface area contributed by atoms with Gasteiger partial charge in [-0.25, -0.2) is 13.9 Å². The van der Waals surface area contributed by atoms with Gasteiger partial charge in [0.2, 0.25) is 0 Å². The highest BCUT2D eigenvalue weighted by atomic mass is 32.2. The summed E-state index contributed by atoms with van der Waals surface area (Å²) in [7, 11) is 4.26. The van der Waals surface area contributed by atoms with Gasteiger partial charge in [-0.05, 0) is 37.6 Å². The van der Waals surface area contributed by atoms with Gasteiger partial charge in [0.15, 0.2) is 10.7 Å². The Balaban J connectivity index is 1.99. The normalized spacial score (nSPS) is 12.7. The van der Waals surface area contributed by atoms with Crippen molar-refractivity contribution in [3.8, 4) is 0 Å². The number of aromatic amines is 1. The minimum absolute atomic E-state index is 0.216. The van der Waals surface area contributed by atoms with Crippen LogP contribution in [0.3, 0.4) is 0 Å². The lowest BCUT2D eigenvalue weighted by molar-refractivity contribution is 0.679. The van der Waals surface area contributed by atoms with E-state index in [1.807, 2.05) is 32.0 Å². The molecule has 0 fully saturated rings. The van der Waals surface area contributed by atoms with E-state index < -0.39 is 16.4 Å². The SMILES string of the molecule is [B]c1ccc2c(=O)nc3c(S(=O)c4ccc(C)cc4C)n[nH]n3c2c1. The summed E-state index contributed by atoms with van der Waals surface area (Å²) in [6, 6.07) is 10.6. The molecule has 0 spiro atoms. The van der Waals surface area contributed by atoms with Crippen molar-refractivity contribution in [3.05, 3.63) is 57.9 Å². The van der Waals surface area contributed by atoms with E-state index in [0.29, 0.717) is 21.3 Å². The molecule has 0 bridgehead atoms. The second kappa shape index (κ2) is 5.66. The van der Waals surface area contributed by atoms with E-state index in [-0.39, 0.29) is 10.7 Å². The minimum Gasteiger partial charge on any atom is -0.267 e. The molecular formula is C17H13BN4O2S. The predicted molar refractivity (Wildman–Crippen MR) is 97.1 cm³/mol. The van der Waals surface area contributed by atoms with Gasteiger partial charge in [0, 0.05) is 4.90 Å². The van der Waals surface area contributed by atoms with Gasteiger partial charge in [-0.15, -0.1) is 5.10 Å². The Morgan fingerprint density at radius 2 is 1.96 bits per heavy atom. The van der Waals surface area contributed by atoms with E-state index in [9.17, 15) is 9.00 Å². The van der Waals surface area contributed by atoms with Crippen LogP contribution in [0.4, 0.5) is 0 Å². The molecule has 122 valence electrons. The standard InChI is InChI=1S/C17H13BN4O2S/c1-9-3-6-14(10(2)7-9)25(24)17-15-19-16(23)12-5-4-11(18)8-13(12)22(15)21-20-17/h3-8,21H,1-2H3. The van der Waals surface area contributed by atoms with E-state index in [1.165, 1.54) is 4.52 Å². The van der Waals surface area contributed by atoms with Crippen LogP contribution in [-0.2, 0) is 10.8 Å². The first-order chi connectivity index (χ1) is 12.0. The number of nitrogens with one attached hydrogen (secondary N) is 1. The van der Waals surface area contributed by atoms with Gasteiger partial charge in [0.1, 0.15) is 18.6 Å². The molecule has 2 radical (unpaired) electrons. The van der Waals surface area contributed by atoms with Crippen LogP contribution in [0.15, 0.2) is 51.1 Å². The summed E-state index contributed by atoms with van der Waals surface area (Å²) in [5.41, 5.74) is 2.87. The monoisotopic (exact) mass is 348 g/mol. The first kappa shape index (κ1) is 15.8. The molecule has 4 aromatic rings. The number of aromatic nitrogens is 4. The van der Waals surface area contributed by atoms with Gasteiger partial charge in [-0.2, -0.15) is 4.98 Å². The predicted octanol–water partition coefficient (Wildman–Crippen LogP) is 1.15. The van der Waals surface area contributed by atoms with Gasteiger partial charge in [0.05, 0.1) is 10.9 Å². The summed E-state index contributed by atoms with van der Waals surface area (Å²) in [6.45, 7) is 3.87. The Bertz CT molecular complexity index is 1230. The molecule has 2 aromatic heterocycles. The van der Waals surface area contributed by atoms with Crippen LogP contribution in [0.1, 0.15) is 11.1 Å². The maximum absolute atomic E-state index is 13.0. The molecule has 0 saturated carbocycles. The molecule has 0 amide bonds. The Morgan fingerprint density at radius 1 is 1.16 bits per heavy atom. The highest BCUT2D eigenvalue weighted by molar-refractivity contribution is 7.85. The summed E-state index contributed by atoms with van der Waals surface area (Å²) >= 11 is 0. The molecule has 1 unspecified atom stereocenters. The Morgan fingerprint density at radius 3 is 2.72 bits per heavy atom. The average Bonchev–Trinajstić information content (AvgIpc) is 2.98. The third-order valence-corrected chi connectivity index (χ3v) is 5.54. The summed E-state index contributed by atoms with van der Waals surface area (Å²) < 4.78 is 14.5. The second-order valence-corrected chi connectivity index (χ2v) is 7.27. The molecule has 2 aromatic carbocycles. The third-order valence-electron chi connectivity index (χ3n) is 4.06. The molecule has 1 atom stereocenters. The molecule has 6 nitrogen and oxygen atoms in total. The molecule has 25 heavy (non-hydrogen) atoms.